The monoisotopic (exact) mass is 721 g/mol. The number of rotatable bonds is 13. The minimum absolute atomic E-state index is 0.0197. The highest BCUT2D eigenvalue weighted by molar-refractivity contribution is 8.00. The number of hydrogen-bond donors (Lipinski definition) is 3. The Morgan fingerprint density at radius 1 is 0.745 bits per heavy atom. The molecule has 0 aromatic heterocycles. The average molecular weight is 722 g/mol. The smallest absolute Gasteiger partial charge is 0.272 e. The van der Waals surface area contributed by atoms with Crippen LogP contribution in [0, 0.1) is 6.92 Å². The van der Waals surface area contributed by atoms with E-state index in [9.17, 15) is 14.4 Å². The van der Waals surface area contributed by atoms with Crippen molar-refractivity contribution in [1.29, 1.82) is 0 Å². The second-order valence-corrected chi connectivity index (χ2v) is 12.8. The molecule has 1 atom stereocenters. The number of anilines is 2. The van der Waals surface area contributed by atoms with Crippen molar-refractivity contribution in [3.63, 3.8) is 0 Å². The molecule has 5 aromatic carbocycles. The molecule has 0 bridgehead atoms. The summed E-state index contributed by atoms with van der Waals surface area (Å²) in [4.78, 5) is 41.3. The Morgan fingerprint density at radius 2 is 1.37 bits per heavy atom. The predicted octanol–water partition coefficient (Wildman–Crippen LogP) is 8.56. The first-order valence-electron chi connectivity index (χ1n) is 15.8. The second kappa shape index (κ2) is 17.3. The number of ether oxygens (including phenoxy) is 3. The number of carbonyl (C=O) groups is 3. The normalized spacial score (nSPS) is 11.6. The molecule has 51 heavy (non-hydrogen) atoms. The van der Waals surface area contributed by atoms with Gasteiger partial charge in [0.15, 0.2) is 11.5 Å². The van der Waals surface area contributed by atoms with E-state index in [2.05, 4.69) is 16.0 Å². The fourth-order valence-electron chi connectivity index (χ4n) is 5.07. The van der Waals surface area contributed by atoms with Crippen molar-refractivity contribution >= 4 is 58.5 Å². The van der Waals surface area contributed by atoms with Gasteiger partial charge in [0.1, 0.15) is 10.9 Å². The van der Waals surface area contributed by atoms with Crippen molar-refractivity contribution in [3.8, 4) is 17.2 Å². The summed E-state index contributed by atoms with van der Waals surface area (Å²) in [6.07, 6.45) is 1.52. The van der Waals surface area contributed by atoms with E-state index in [-0.39, 0.29) is 11.6 Å². The van der Waals surface area contributed by atoms with Crippen LogP contribution in [0.4, 0.5) is 11.4 Å². The van der Waals surface area contributed by atoms with Gasteiger partial charge in [0.25, 0.3) is 11.8 Å². The molecule has 0 radical (unpaired) electrons. The SMILES string of the molecule is COc1cc(/C=C(\NC(=O)c2ccccc2)C(=O)Nc2ccc(SC(C(=O)Nc3cc(Cl)ccc3C)c3ccccc3)cc2)cc(OC)c1OC. The highest BCUT2D eigenvalue weighted by atomic mass is 35.5. The van der Waals surface area contributed by atoms with E-state index >= 15 is 0 Å². The summed E-state index contributed by atoms with van der Waals surface area (Å²) in [6.45, 7) is 1.90. The Morgan fingerprint density at radius 3 is 1.98 bits per heavy atom. The Labute approximate surface area is 306 Å². The molecule has 9 nitrogen and oxygen atoms in total. The summed E-state index contributed by atoms with van der Waals surface area (Å²) in [5, 5.41) is 8.58. The summed E-state index contributed by atoms with van der Waals surface area (Å²) in [5.74, 6) is -0.0713. The number of nitrogens with one attached hydrogen (secondary N) is 3. The zero-order valence-corrected chi connectivity index (χ0v) is 29.9. The summed E-state index contributed by atoms with van der Waals surface area (Å²) < 4.78 is 16.4. The third-order valence-electron chi connectivity index (χ3n) is 7.69. The molecule has 0 saturated heterocycles. The first-order chi connectivity index (χ1) is 24.7. The molecule has 5 rings (SSSR count). The molecule has 3 amide bonds. The van der Waals surface area contributed by atoms with Crippen LogP contribution in [0.2, 0.25) is 5.02 Å². The lowest BCUT2D eigenvalue weighted by molar-refractivity contribution is -0.116. The van der Waals surface area contributed by atoms with Gasteiger partial charge in [-0.2, -0.15) is 0 Å². The van der Waals surface area contributed by atoms with Crippen molar-refractivity contribution in [3.05, 3.63) is 148 Å². The van der Waals surface area contributed by atoms with Gasteiger partial charge in [0.2, 0.25) is 11.7 Å². The average Bonchev–Trinajstić information content (AvgIpc) is 3.15. The number of halogens is 1. The maximum absolute atomic E-state index is 13.7. The number of amides is 3. The second-order valence-electron chi connectivity index (χ2n) is 11.2. The van der Waals surface area contributed by atoms with Gasteiger partial charge in [0.05, 0.1) is 21.3 Å². The van der Waals surface area contributed by atoms with Gasteiger partial charge in [-0.3, -0.25) is 14.4 Å². The largest absolute Gasteiger partial charge is 0.493 e. The molecule has 0 fully saturated rings. The summed E-state index contributed by atoms with van der Waals surface area (Å²) in [7, 11) is 4.48. The third-order valence-corrected chi connectivity index (χ3v) is 9.19. The van der Waals surface area contributed by atoms with E-state index in [1.54, 1.807) is 66.7 Å². The van der Waals surface area contributed by atoms with E-state index in [4.69, 9.17) is 25.8 Å². The van der Waals surface area contributed by atoms with Crippen molar-refractivity contribution in [2.45, 2.75) is 17.1 Å². The van der Waals surface area contributed by atoms with E-state index in [0.717, 1.165) is 16.0 Å². The maximum atomic E-state index is 13.7. The number of benzene rings is 5. The number of methoxy groups -OCH3 is 3. The highest BCUT2D eigenvalue weighted by Gasteiger charge is 2.23. The van der Waals surface area contributed by atoms with Gasteiger partial charge in [-0.1, -0.05) is 66.2 Å². The third kappa shape index (κ3) is 9.50. The fraction of sp³-hybridized carbons (Fsp3) is 0.125. The lowest BCUT2D eigenvalue weighted by atomic mass is 10.1. The summed E-state index contributed by atoms with van der Waals surface area (Å²) in [5.41, 5.74) is 3.72. The van der Waals surface area contributed by atoms with Crippen LogP contribution < -0.4 is 30.2 Å². The molecular weight excluding hydrogens is 686 g/mol. The summed E-state index contributed by atoms with van der Waals surface area (Å²) in [6, 6.07) is 33.9. The molecule has 0 aliphatic carbocycles. The molecule has 11 heteroatoms. The molecule has 0 aliphatic rings. The van der Waals surface area contributed by atoms with Gasteiger partial charge in [-0.25, -0.2) is 0 Å². The Balaban J connectivity index is 1.39. The number of hydrogen-bond acceptors (Lipinski definition) is 7. The first kappa shape index (κ1) is 36.6. The van der Waals surface area contributed by atoms with Gasteiger partial charge < -0.3 is 30.2 Å². The fourth-order valence-corrected chi connectivity index (χ4v) is 6.27. The van der Waals surface area contributed by atoms with Crippen molar-refractivity contribution < 1.29 is 28.6 Å². The molecule has 0 spiro atoms. The van der Waals surface area contributed by atoms with Gasteiger partial charge in [-0.05, 0) is 90.4 Å². The van der Waals surface area contributed by atoms with Crippen LogP contribution in [0.3, 0.4) is 0 Å². The Bertz CT molecular complexity index is 2010. The van der Waals surface area contributed by atoms with E-state index in [1.165, 1.54) is 39.2 Å². The van der Waals surface area contributed by atoms with Crippen LogP contribution in [0.25, 0.3) is 6.08 Å². The zero-order valence-electron chi connectivity index (χ0n) is 28.4. The molecule has 3 N–H and O–H groups in total. The molecule has 260 valence electrons. The van der Waals surface area contributed by atoms with E-state index in [1.807, 2.05) is 55.5 Å². The number of carbonyl (C=O) groups excluding carboxylic acids is 3. The van der Waals surface area contributed by atoms with Crippen LogP contribution in [-0.2, 0) is 9.59 Å². The van der Waals surface area contributed by atoms with Gasteiger partial charge >= 0.3 is 0 Å². The van der Waals surface area contributed by atoms with Crippen LogP contribution in [0.15, 0.2) is 126 Å². The zero-order chi connectivity index (χ0) is 36.3. The van der Waals surface area contributed by atoms with Crippen LogP contribution >= 0.6 is 23.4 Å². The van der Waals surface area contributed by atoms with Gasteiger partial charge in [-0.15, -0.1) is 11.8 Å². The van der Waals surface area contributed by atoms with Crippen molar-refractivity contribution in [2.75, 3.05) is 32.0 Å². The lowest BCUT2D eigenvalue weighted by Crippen LogP contribution is -2.30. The van der Waals surface area contributed by atoms with Crippen LogP contribution in [0.5, 0.6) is 17.2 Å². The van der Waals surface area contributed by atoms with E-state index in [0.29, 0.717) is 44.8 Å². The standard InChI is InChI=1S/C40H36ClN3O6S/c1-25-15-16-29(41)24-32(25)43-40(47)37(27-11-7-5-8-12-27)51-31-19-17-30(18-20-31)42-39(46)33(44-38(45)28-13-9-6-10-14-28)21-26-22-34(48-2)36(50-4)35(23-26)49-3/h5-24,37H,1-4H3,(H,42,46)(H,43,47)(H,44,45)/b33-21-. The van der Waals surface area contributed by atoms with Crippen LogP contribution in [0.1, 0.15) is 32.3 Å². The minimum atomic E-state index is -0.578. The summed E-state index contributed by atoms with van der Waals surface area (Å²) >= 11 is 7.57. The minimum Gasteiger partial charge on any atom is -0.493 e. The number of aryl methyl sites for hydroxylation is 1. The molecule has 1 unspecified atom stereocenters. The molecular formula is C40H36ClN3O6S. The molecule has 5 aromatic rings. The number of thioether (sulfide) groups is 1. The Kier molecular flexibility index (Phi) is 12.4. The Hall–Kier alpha value is -5.71. The molecule has 0 saturated carbocycles. The van der Waals surface area contributed by atoms with Gasteiger partial charge in [0, 0.05) is 26.9 Å². The molecule has 0 heterocycles. The topological polar surface area (TPSA) is 115 Å². The quantitative estimate of drug-likeness (QED) is 0.0825. The lowest BCUT2D eigenvalue weighted by Gasteiger charge is -2.18. The molecule has 0 aliphatic heterocycles. The highest BCUT2D eigenvalue weighted by Crippen LogP contribution is 2.39. The predicted molar refractivity (Wildman–Crippen MR) is 203 cm³/mol. The van der Waals surface area contributed by atoms with Crippen molar-refractivity contribution in [1.82, 2.24) is 5.32 Å². The van der Waals surface area contributed by atoms with E-state index < -0.39 is 17.1 Å². The van der Waals surface area contributed by atoms with Crippen molar-refractivity contribution in [2.24, 2.45) is 0 Å². The van der Waals surface area contributed by atoms with Crippen LogP contribution in [-0.4, -0.2) is 39.1 Å². The maximum Gasteiger partial charge on any atom is 0.272 e. The first-order valence-corrected chi connectivity index (χ1v) is 17.0.